The van der Waals surface area contributed by atoms with E-state index in [0.29, 0.717) is 18.5 Å². The smallest absolute Gasteiger partial charge is 0.331 e. The maximum absolute atomic E-state index is 12.6. The molecule has 0 spiro atoms. The van der Waals surface area contributed by atoms with Gasteiger partial charge in [0, 0.05) is 0 Å². The lowest BCUT2D eigenvalue weighted by Gasteiger charge is -2.25. The van der Waals surface area contributed by atoms with Gasteiger partial charge in [0.2, 0.25) is 0 Å². The Kier molecular flexibility index (Phi) is 5.13. The number of phenolic OH excluding ortho intramolecular Hbond substituents is 1. The number of aromatic hydroxyl groups is 1. The fourth-order valence-corrected chi connectivity index (χ4v) is 4.05. The van der Waals surface area contributed by atoms with Crippen LogP contribution in [0.25, 0.3) is 6.08 Å². The van der Waals surface area contributed by atoms with Gasteiger partial charge in [-0.1, -0.05) is 0 Å². The number of hydrogen-bond acceptors (Lipinski definition) is 5. The predicted molar refractivity (Wildman–Crippen MR) is 104 cm³/mol. The van der Waals surface area contributed by atoms with Crippen molar-refractivity contribution in [2.75, 3.05) is 0 Å². The molecular formula is C16H10I2N2O5. The maximum atomic E-state index is 12.6. The molecule has 0 aliphatic carbocycles. The third-order valence-corrected chi connectivity index (χ3v) is 5.07. The molecule has 1 aromatic carbocycles. The number of rotatable bonds is 3. The highest BCUT2D eigenvalue weighted by Gasteiger charge is 2.36. The van der Waals surface area contributed by atoms with Gasteiger partial charge in [0.05, 0.1) is 19.9 Å². The van der Waals surface area contributed by atoms with Crippen molar-refractivity contribution in [3.05, 3.63) is 54.6 Å². The van der Waals surface area contributed by atoms with Crippen molar-refractivity contribution in [3.8, 4) is 5.75 Å². The fourth-order valence-electron chi connectivity index (χ4n) is 2.23. The molecule has 1 saturated heterocycles. The lowest BCUT2D eigenvalue weighted by molar-refractivity contribution is -0.130. The molecule has 0 atom stereocenters. The predicted octanol–water partition coefficient (Wildman–Crippen LogP) is 2.86. The molecule has 9 heteroatoms. The standard InChI is InChI=1S/C16H10I2N2O5/c17-11-5-8(6-12(18)13(11)21)4-10-14(22)19-16(24)20(15(10)23)7-9-2-1-3-25-9/h1-6,21H,7H2,(H,19,22,24)/b10-4+. The number of benzene rings is 1. The Labute approximate surface area is 169 Å². The van der Waals surface area contributed by atoms with Crippen LogP contribution in [0.2, 0.25) is 0 Å². The van der Waals surface area contributed by atoms with Gasteiger partial charge in [-0.05, 0) is 81.1 Å². The third-order valence-electron chi connectivity index (χ3n) is 3.43. The van der Waals surface area contributed by atoms with Crippen molar-refractivity contribution in [2.45, 2.75) is 6.54 Å². The molecule has 4 amide bonds. The molecule has 7 nitrogen and oxygen atoms in total. The number of hydrogen-bond donors (Lipinski definition) is 2. The number of carbonyl (C=O) groups is 3. The molecule has 2 heterocycles. The molecule has 0 radical (unpaired) electrons. The summed E-state index contributed by atoms with van der Waals surface area (Å²) >= 11 is 3.91. The van der Waals surface area contributed by atoms with Crippen LogP contribution in [-0.2, 0) is 16.1 Å². The van der Waals surface area contributed by atoms with Gasteiger partial charge in [0.15, 0.2) is 0 Å². The maximum Gasteiger partial charge on any atom is 0.331 e. The summed E-state index contributed by atoms with van der Waals surface area (Å²) in [7, 11) is 0. The summed E-state index contributed by atoms with van der Waals surface area (Å²) in [6, 6.07) is 5.76. The molecule has 1 aliphatic heterocycles. The zero-order chi connectivity index (χ0) is 18.1. The largest absolute Gasteiger partial charge is 0.506 e. The normalized spacial score (nSPS) is 16.5. The molecule has 0 bridgehead atoms. The monoisotopic (exact) mass is 564 g/mol. The number of nitrogens with zero attached hydrogens (tertiary/aromatic N) is 1. The third kappa shape index (κ3) is 3.71. The number of halogens is 2. The van der Waals surface area contributed by atoms with Gasteiger partial charge in [0.25, 0.3) is 11.8 Å². The Morgan fingerprint density at radius 2 is 1.88 bits per heavy atom. The highest BCUT2D eigenvalue weighted by molar-refractivity contribution is 14.1. The van der Waals surface area contributed by atoms with Crippen molar-refractivity contribution in [1.82, 2.24) is 10.2 Å². The van der Waals surface area contributed by atoms with Crippen molar-refractivity contribution >= 4 is 69.1 Å². The minimum absolute atomic E-state index is 0.0765. The molecule has 0 unspecified atom stereocenters. The number of nitrogens with one attached hydrogen (secondary N) is 1. The van der Waals surface area contributed by atoms with E-state index in [2.05, 4.69) is 5.32 Å². The van der Waals surface area contributed by atoms with Crippen molar-refractivity contribution in [3.63, 3.8) is 0 Å². The van der Waals surface area contributed by atoms with Gasteiger partial charge < -0.3 is 9.52 Å². The van der Waals surface area contributed by atoms with Crippen molar-refractivity contribution in [1.29, 1.82) is 0 Å². The molecule has 1 fully saturated rings. The number of amides is 4. The molecule has 25 heavy (non-hydrogen) atoms. The van der Waals surface area contributed by atoms with Crippen LogP contribution in [-0.4, -0.2) is 27.9 Å². The Morgan fingerprint density at radius 3 is 2.48 bits per heavy atom. The van der Waals surface area contributed by atoms with Crippen molar-refractivity contribution in [2.24, 2.45) is 0 Å². The lowest BCUT2D eigenvalue weighted by Crippen LogP contribution is -2.53. The van der Waals surface area contributed by atoms with E-state index < -0.39 is 17.8 Å². The first-order valence-electron chi connectivity index (χ1n) is 6.96. The molecule has 1 aliphatic rings. The first-order valence-corrected chi connectivity index (χ1v) is 9.12. The van der Waals surface area contributed by atoms with Gasteiger partial charge in [0.1, 0.15) is 17.1 Å². The Hall–Kier alpha value is -1.89. The molecule has 2 aromatic rings. The topological polar surface area (TPSA) is 99.9 Å². The Balaban J connectivity index is 1.95. The average Bonchev–Trinajstić information content (AvgIpc) is 3.06. The highest BCUT2D eigenvalue weighted by atomic mass is 127. The van der Waals surface area contributed by atoms with Crippen LogP contribution >= 0.6 is 45.2 Å². The summed E-state index contributed by atoms with van der Waals surface area (Å²) in [5.74, 6) is -0.907. The van der Waals surface area contributed by atoms with Gasteiger partial charge >= 0.3 is 6.03 Å². The van der Waals surface area contributed by atoms with Crippen LogP contribution in [0.15, 0.2) is 40.5 Å². The number of barbiturate groups is 1. The van der Waals surface area contributed by atoms with Crippen LogP contribution in [0.3, 0.4) is 0 Å². The lowest BCUT2D eigenvalue weighted by atomic mass is 10.1. The van der Waals surface area contributed by atoms with E-state index in [4.69, 9.17) is 4.42 Å². The molecular weight excluding hydrogens is 554 g/mol. The number of carbonyl (C=O) groups excluding carboxylic acids is 3. The first kappa shape index (κ1) is 17.9. The van der Waals surface area contributed by atoms with Crippen LogP contribution in [0, 0.1) is 7.14 Å². The summed E-state index contributed by atoms with van der Waals surface area (Å²) in [6.07, 6.45) is 2.83. The van der Waals surface area contributed by atoms with Gasteiger partial charge in [-0.25, -0.2) is 4.79 Å². The van der Waals surface area contributed by atoms with E-state index in [0.717, 1.165) is 4.90 Å². The number of phenols is 1. The molecule has 0 saturated carbocycles. The van der Waals surface area contributed by atoms with Gasteiger partial charge in [-0.2, -0.15) is 0 Å². The number of furan rings is 1. The van der Waals surface area contributed by atoms with Crippen LogP contribution in [0.5, 0.6) is 5.75 Å². The van der Waals surface area contributed by atoms with E-state index in [1.807, 2.05) is 45.2 Å². The zero-order valence-corrected chi connectivity index (χ0v) is 16.8. The van der Waals surface area contributed by atoms with Gasteiger partial charge in [-0.3, -0.25) is 19.8 Å². The number of urea groups is 1. The SMILES string of the molecule is O=C1NC(=O)N(Cc2ccco2)C(=O)/C1=C/c1cc(I)c(O)c(I)c1. The number of imide groups is 2. The summed E-state index contributed by atoms with van der Waals surface area (Å²) in [6.45, 7) is -0.0765. The van der Waals surface area contributed by atoms with E-state index >= 15 is 0 Å². The second-order valence-electron chi connectivity index (χ2n) is 5.12. The molecule has 2 N–H and O–H groups in total. The Morgan fingerprint density at radius 1 is 1.20 bits per heavy atom. The minimum Gasteiger partial charge on any atom is -0.506 e. The molecule has 128 valence electrons. The van der Waals surface area contributed by atoms with Crippen LogP contribution < -0.4 is 5.32 Å². The van der Waals surface area contributed by atoms with Crippen molar-refractivity contribution < 1.29 is 23.9 Å². The quantitative estimate of drug-likeness (QED) is 0.340. The molecule has 1 aromatic heterocycles. The van der Waals surface area contributed by atoms with E-state index in [1.165, 1.54) is 12.3 Å². The second-order valence-corrected chi connectivity index (χ2v) is 7.45. The first-order chi connectivity index (χ1) is 11.9. The van der Waals surface area contributed by atoms with E-state index in [9.17, 15) is 19.5 Å². The van der Waals surface area contributed by atoms with Gasteiger partial charge in [-0.15, -0.1) is 0 Å². The zero-order valence-electron chi connectivity index (χ0n) is 12.5. The second kappa shape index (κ2) is 7.15. The van der Waals surface area contributed by atoms with E-state index in [-0.39, 0.29) is 17.9 Å². The van der Waals surface area contributed by atoms with Crippen LogP contribution in [0.4, 0.5) is 4.79 Å². The molecule has 3 rings (SSSR count). The highest BCUT2D eigenvalue weighted by Crippen LogP contribution is 2.28. The minimum atomic E-state index is -0.793. The summed E-state index contributed by atoms with van der Waals surface area (Å²) in [5, 5.41) is 12.0. The Bertz CT molecular complexity index is 882. The summed E-state index contributed by atoms with van der Waals surface area (Å²) in [4.78, 5) is 37.5. The fraction of sp³-hybridized carbons (Fsp3) is 0.0625. The van der Waals surface area contributed by atoms with Crippen LogP contribution in [0.1, 0.15) is 11.3 Å². The summed E-state index contributed by atoms with van der Waals surface area (Å²) in [5.41, 5.74) is 0.404. The summed E-state index contributed by atoms with van der Waals surface area (Å²) < 4.78 is 6.32. The average molecular weight is 564 g/mol. The van der Waals surface area contributed by atoms with E-state index in [1.54, 1.807) is 24.3 Å².